The van der Waals surface area contributed by atoms with E-state index in [1.807, 2.05) is 24.3 Å². The number of hydrogen-bond acceptors (Lipinski definition) is 4. The Balaban J connectivity index is 1.94. The topological polar surface area (TPSA) is 40.8 Å². The molecule has 0 amide bonds. The smallest absolute Gasteiger partial charge is 0.181 e. The van der Waals surface area contributed by atoms with E-state index in [-0.39, 0.29) is 6.10 Å². The number of ether oxygens (including phenoxy) is 3. The third-order valence-corrected chi connectivity index (χ3v) is 4.54. The molecule has 4 heteroatoms. The van der Waals surface area contributed by atoms with Gasteiger partial charge in [0.1, 0.15) is 5.76 Å². The van der Waals surface area contributed by atoms with Crippen molar-refractivity contribution in [2.24, 2.45) is 0 Å². The SMILES string of the molecule is CCCCCCC1=Cc2cc(OC)c(OC)cc2C(c2ccco2)O1. The molecule has 2 heterocycles. The number of hydrogen-bond donors (Lipinski definition) is 0. The highest BCUT2D eigenvalue weighted by atomic mass is 16.5. The predicted octanol–water partition coefficient (Wildman–Crippen LogP) is 5.73. The Morgan fingerprint density at radius 3 is 2.52 bits per heavy atom. The van der Waals surface area contributed by atoms with Crippen LogP contribution in [-0.2, 0) is 4.74 Å². The van der Waals surface area contributed by atoms with Crippen molar-refractivity contribution < 1.29 is 18.6 Å². The molecule has 2 aromatic rings. The zero-order valence-electron chi connectivity index (χ0n) is 15.2. The minimum absolute atomic E-state index is 0.254. The molecular weight excluding hydrogens is 316 g/mol. The van der Waals surface area contributed by atoms with Crippen molar-refractivity contribution in [3.05, 3.63) is 53.2 Å². The third-order valence-electron chi connectivity index (χ3n) is 4.54. The highest BCUT2D eigenvalue weighted by molar-refractivity contribution is 5.64. The van der Waals surface area contributed by atoms with Gasteiger partial charge in [0.15, 0.2) is 17.6 Å². The highest BCUT2D eigenvalue weighted by Crippen LogP contribution is 2.42. The van der Waals surface area contributed by atoms with Crippen LogP contribution in [0.2, 0.25) is 0 Å². The van der Waals surface area contributed by atoms with E-state index in [9.17, 15) is 0 Å². The summed E-state index contributed by atoms with van der Waals surface area (Å²) in [5, 5.41) is 0. The van der Waals surface area contributed by atoms with Crippen LogP contribution < -0.4 is 9.47 Å². The van der Waals surface area contributed by atoms with E-state index in [0.29, 0.717) is 5.75 Å². The standard InChI is InChI=1S/C21H26O4/c1-4-5-6-7-9-16-12-15-13-19(22-2)20(23-3)14-17(15)21(25-16)18-10-8-11-24-18/h8,10-14,21H,4-7,9H2,1-3H3. The van der Waals surface area contributed by atoms with Crippen LogP contribution in [0, 0.1) is 0 Å². The van der Waals surface area contributed by atoms with E-state index < -0.39 is 0 Å². The quantitative estimate of drug-likeness (QED) is 0.575. The van der Waals surface area contributed by atoms with Gasteiger partial charge in [0.25, 0.3) is 0 Å². The van der Waals surface area contributed by atoms with E-state index in [1.165, 1.54) is 19.3 Å². The number of methoxy groups -OCH3 is 2. The summed E-state index contributed by atoms with van der Waals surface area (Å²) < 4.78 is 22.8. The van der Waals surface area contributed by atoms with Crippen LogP contribution in [0.1, 0.15) is 62.0 Å². The van der Waals surface area contributed by atoms with Crippen molar-refractivity contribution in [1.29, 1.82) is 0 Å². The molecule has 1 unspecified atom stereocenters. The molecule has 0 aliphatic carbocycles. The lowest BCUT2D eigenvalue weighted by atomic mass is 9.95. The molecule has 0 saturated carbocycles. The van der Waals surface area contributed by atoms with E-state index >= 15 is 0 Å². The van der Waals surface area contributed by atoms with E-state index in [2.05, 4.69) is 13.0 Å². The van der Waals surface area contributed by atoms with Gasteiger partial charge < -0.3 is 18.6 Å². The molecule has 134 valence electrons. The number of allylic oxidation sites excluding steroid dienone is 1. The summed E-state index contributed by atoms with van der Waals surface area (Å²) in [6.07, 6.45) is 9.32. The first-order chi connectivity index (χ1) is 12.3. The van der Waals surface area contributed by atoms with E-state index in [1.54, 1.807) is 20.5 Å². The minimum Gasteiger partial charge on any atom is -0.493 e. The normalized spacial score (nSPS) is 16.0. The van der Waals surface area contributed by atoms with Gasteiger partial charge in [-0.1, -0.05) is 26.2 Å². The Hall–Kier alpha value is -2.36. The molecule has 4 nitrogen and oxygen atoms in total. The molecule has 0 bridgehead atoms. The van der Waals surface area contributed by atoms with Crippen LogP contribution in [0.5, 0.6) is 11.5 Å². The Morgan fingerprint density at radius 1 is 1.04 bits per heavy atom. The van der Waals surface area contributed by atoms with Gasteiger partial charge in [0.2, 0.25) is 0 Å². The molecule has 1 aromatic heterocycles. The molecule has 3 rings (SSSR count). The molecule has 25 heavy (non-hydrogen) atoms. The van der Waals surface area contributed by atoms with Gasteiger partial charge in [-0.25, -0.2) is 0 Å². The second kappa shape index (κ2) is 8.15. The number of fused-ring (bicyclic) bond motifs is 1. The summed E-state index contributed by atoms with van der Waals surface area (Å²) in [5.41, 5.74) is 2.13. The lowest BCUT2D eigenvalue weighted by molar-refractivity contribution is 0.119. The summed E-state index contributed by atoms with van der Waals surface area (Å²) in [6, 6.07) is 7.83. The molecule has 1 aliphatic rings. The zero-order valence-corrected chi connectivity index (χ0v) is 15.2. The highest BCUT2D eigenvalue weighted by Gasteiger charge is 2.28. The van der Waals surface area contributed by atoms with Gasteiger partial charge in [-0.3, -0.25) is 0 Å². The Bertz CT molecular complexity index is 716. The average molecular weight is 342 g/mol. The first-order valence-corrected chi connectivity index (χ1v) is 8.93. The van der Waals surface area contributed by atoms with Crippen molar-refractivity contribution in [3.63, 3.8) is 0 Å². The van der Waals surface area contributed by atoms with Gasteiger partial charge >= 0.3 is 0 Å². The van der Waals surface area contributed by atoms with Crippen molar-refractivity contribution in [2.75, 3.05) is 14.2 Å². The molecule has 1 aliphatic heterocycles. The fraction of sp³-hybridized carbons (Fsp3) is 0.429. The number of benzene rings is 1. The van der Waals surface area contributed by atoms with Crippen molar-refractivity contribution >= 4 is 6.08 Å². The second-order valence-corrected chi connectivity index (χ2v) is 6.27. The van der Waals surface area contributed by atoms with Crippen molar-refractivity contribution in [1.82, 2.24) is 0 Å². The lowest BCUT2D eigenvalue weighted by Gasteiger charge is -2.27. The summed E-state index contributed by atoms with van der Waals surface area (Å²) in [4.78, 5) is 0. The molecule has 0 fully saturated rings. The number of rotatable bonds is 8. The van der Waals surface area contributed by atoms with Crippen molar-refractivity contribution in [3.8, 4) is 11.5 Å². The molecule has 1 aromatic carbocycles. The maximum atomic E-state index is 6.28. The van der Waals surface area contributed by atoms with E-state index in [0.717, 1.165) is 41.2 Å². The summed E-state index contributed by atoms with van der Waals surface area (Å²) >= 11 is 0. The van der Waals surface area contributed by atoms with Crippen LogP contribution in [0.3, 0.4) is 0 Å². The van der Waals surface area contributed by atoms with Gasteiger partial charge in [-0.2, -0.15) is 0 Å². The first kappa shape index (κ1) is 17.5. The monoisotopic (exact) mass is 342 g/mol. The van der Waals surface area contributed by atoms with Crippen molar-refractivity contribution in [2.45, 2.75) is 45.1 Å². The second-order valence-electron chi connectivity index (χ2n) is 6.27. The minimum atomic E-state index is -0.254. The molecule has 0 N–H and O–H groups in total. The lowest BCUT2D eigenvalue weighted by Crippen LogP contribution is -2.12. The first-order valence-electron chi connectivity index (χ1n) is 8.93. The molecule has 0 saturated heterocycles. The molecular formula is C21H26O4. The fourth-order valence-corrected chi connectivity index (χ4v) is 3.19. The molecule has 0 radical (unpaired) electrons. The summed E-state index contributed by atoms with van der Waals surface area (Å²) in [7, 11) is 3.30. The van der Waals surface area contributed by atoms with Gasteiger partial charge in [-0.15, -0.1) is 0 Å². The largest absolute Gasteiger partial charge is 0.493 e. The Morgan fingerprint density at radius 2 is 1.84 bits per heavy atom. The van der Waals surface area contributed by atoms with Crippen LogP contribution >= 0.6 is 0 Å². The molecule has 1 atom stereocenters. The van der Waals surface area contributed by atoms with Crippen LogP contribution in [0.25, 0.3) is 6.08 Å². The van der Waals surface area contributed by atoms with Gasteiger partial charge in [-0.05, 0) is 42.3 Å². The van der Waals surface area contributed by atoms with Crippen LogP contribution in [0.4, 0.5) is 0 Å². The van der Waals surface area contributed by atoms with E-state index in [4.69, 9.17) is 18.6 Å². The maximum Gasteiger partial charge on any atom is 0.181 e. The number of unbranched alkanes of at least 4 members (excludes halogenated alkanes) is 3. The van der Waals surface area contributed by atoms with Crippen LogP contribution in [-0.4, -0.2) is 14.2 Å². The fourth-order valence-electron chi connectivity index (χ4n) is 3.19. The van der Waals surface area contributed by atoms with Gasteiger partial charge in [0, 0.05) is 12.0 Å². The predicted molar refractivity (Wildman–Crippen MR) is 97.9 cm³/mol. The van der Waals surface area contributed by atoms with Gasteiger partial charge in [0.05, 0.1) is 26.2 Å². The third kappa shape index (κ3) is 3.84. The molecule has 0 spiro atoms. The Labute approximate surface area is 149 Å². The maximum absolute atomic E-state index is 6.28. The Kier molecular flexibility index (Phi) is 5.69. The zero-order chi connectivity index (χ0) is 17.6. The summed E-state index contributed by atoms with van der Waals surface area (Å²) in [6.45, 7) is 2.22. The van der Waals surface area contributed by atoms with Crippen LogP contribution in [0.15, 0.2) is 40.7 Å². The number of furan rings is 1. The average Bonchev–Trinajstić information content (AvgIpc) is 3.18. The summed E-state index contributed by atoms with van der Waals surface area (Å²) in [5.74, 6) is 3.22.